The highest BCUT2D eigenvalue weighted by molar-refractivity contribution is 5.93. The van der Waals surface area contributed by atoms with E-state index in [0.717, 1.165) is 12.8 Å². The highest BCUT2D eigenvalue weighted by Gasteiger charge is 2.29. The van der Waals surface area contributed by atoms with Crippen LogP contribution in [0.25, 0.3) is 11.3 Å². The number of pyridine rings is 1. The number of nitrogens with zero attached hydrogens (tertiary/aromatic N) is 4. The Balaban J connectivity index is 1.51. The molecule has 1 aromatic carbocycles. The third kappa shape index (κ3) is 3.87. The van der Waals surface area contributed by atoms with Crippen LogP contribution in [-0.4, -0.2) is 33.2 Å². The molecule has 1 aliphatic rings. The first-order valence-corrected chi connectivity index (χ1v) is 10.5. The predicted molar refractivity (Wildman–Crippen MR) is 122 cm³/mol. The third-order valence-electron chi connectivity index (χ3n) is 5.43. The summed E-state index contributed by atoms with van der Waals surface area (Å²) in [5.74, 6) is 0.190. The van der Waals surface area contributed by atoms with E-state index in [1.807, 2.05) is 0 Å². The van der Waals surface area contributed by atoms with Gasteiger partial charge in [0.2, 0.25) is 0 Å². The second-order valence-corrected chi connectivity index (χ2v) is 7.76. The molecule has 164 valence electrons. The van der Waals surface area contributed by atoms with E-state index in [9.17, 15) is 9.59 Å². The first-order chi connectivity index (χ1) is 16.1. The van der Waals surface area contributed by atoms with Crippen molar-refractivity contribution in [2.24, 2.45) is 0 Å². The summed E-state index contributed by atoms with van der Waals surface area (Å²) >= 11 is 0. The minimum Gasteiger partial charge on any atom is -0.381 e. The molecule has 10 nitrogen and oxygen atoms in total. The molecule has 1 saturated carbocycles. The minimum atomic E-state index is -0.277. The van der Waals surface area contributed by atoms with Gasteiger partial charge in [0.25, 0.3) is 17.2 Å². The first-order valence-electron chi connectivity index (χ1n) is 10.5. The molecule has 33 heavy (non-hydrogen) atoms. The van der Waals surface area contributed by atoms with E-state index >= 15 is 0 Å². The molecule has 1 fully saturated rings. The maximum Gasteiger partial charge on any atom is 0.329 e. The fourth-order valence-corrected chi connectivity index (χ4v) is 3.54. The lowest BCUT2D eigenvalue weighted by Gasteiger charge is -2.10. The topological polar surface area (TPSA) is 130 Å². The standard InChI is InChI=1S/C23H20N8O2/c1-25-18-11-20(29-31-19(13-26-21(18)31)22(32)27-15-6-7-15)28-17-3-2-10-30(23(17)33)16-8-4-14(12-24)5-9-16/h2-5,8-11,13,15,25H,6-7H2,1H3,(H,27,32)(H,28,29)/p+1. The molecule has 10 heteroatoms. The lowest BCUT2D eigenvalue weighted by molar-refractivity contribution is -0.343. The van der Waals surface area contributed by atoms with Gasteiger partial charge in [-0.05, 0) is 49.2 Å². The molecule has 3 aromatic heterocycles. The summed E-state index contributed by atoms with van der Waals surface area (Å²) in [6, 6.07) is 14.2. The number of nitriles is 1. The number of hydrogen-bond acceptors (Lipinski definition) is 6. The highest BCUT2D eigenvalue weighted by Crippen LogP contribution is 2.22. The van der Waals surface area contributed by atoms with Gasteiger partial charge in [0.1, 0.15) is 17.6 Å². The Hall–Kier alpha value is -4.65. The van der Waals surface area contributed by atoms with Gasteiger partial charge in [-0.15, -0.1) is 0 Å². The zero-order chi connectivity index (χ0) is 22.9. The molecule has 4 aromatic rings. The van der Waals surface area contributed by atoms with Gasteiger partial charge in [-0.25, -0.2) is 4.98 Å². The number of imidazole rings is 1. The molecular weight excluding hydrogens is 420 g/mol. The lowest BCUT2D eigenvalue weighted by atomic mass is 10.2. The van der Waals surface area contributed by atoms with Crippen molar-refractivity contribution in [3.63, 3.8) is 0 Å². The van der Waals surface area contributed by atoms with Crippen molar-refractivity contribution in [3.8, 4) is 11.8 Å². The van der Waals surface area contributed by atoms with Gasteiger partial charge < -0.3 is 16.0 Å². The summed E-state index contributed by atoms with van der Waals surface area (Å²) in [7, 11) is 1.77. The number of aromatic amines is 1. The number of hydrogen-bond donors (Lipinski definition) is 3. The summed E-state index contributed by atoms with van der Waals surface area (Å²) < 4.78 is 3.01. The molecule has 5 rings (SSSR count). The number of rotatable bonds is 6. The third-order valence-corrected chi connectivity index (χ3v) is 5.43. The first kappa shape index (κ1) is 20.3. The smallest absolute Gasteiger partial charge is 0.329 e. The fourth-order valence-electron chi connectivity index (χ4n) is 3.54. The number of amides is 1. The number of carbonyl (C=O) groups excluding carboxylic acids is 1. The molecule has 0 atom stereocenters. The lowest BCUT2D eigenvalue weighted by Crippen LogP contribution is -2.27. The normalized spacial score (nSPS) is 12.8. The van der Waals surface area contributed by atoms with Crippen molar-refractivity contribution >= 4 is 28.7 Å². The Bertz CT molecular complexity index is 1460. The van der Waals surface area contributed by atoms with E-state index in [1.54, 1.807) is 61.9 Å². The molecule has 0 unspecified atom stereocenters. The zero-order valence-electron chi connectivity index (χ0n) is 17.8. The Morgan fingerprint density at radius 1 is 1.21 bits per heavy atom. The number of fused-ring (bicyclic) bond motifs is 1. The van der Waals surface area contributed by atoms with E-state index in [0.29, 0.717) is 39.8 Å². The van der Waals surface area contributed by atoms with Crippen LogP contribution in [0, 0.1) is 11.3 Å². The average molecular weight is 441 g/mol. The van der Waals surface area contributed by atoms with Crippen molar-refractivity contribution in [1.29, 1.82) is 5.26 Å². The van der Waals surface area contributed by atoms with E-state index < -0.39 is 0 Å². The number of benzene rings is 1. The molecule has 0 radical (unpaired) electrons. The predicted octanol–water partition coefficient (Wildman–Crippen LogP) is 1.85. The summed E-state index contributed by atoms with van der Waals surface area (Å²) in [4.78, 5) is 28.8. The van der Waals surface area contributed by atoms with Crippen LogP contribution < -0.4 is 26.5 Å². The molecule has 4 N–H and O–H groups in total. The molecule has 0 aliphatic heterocycles. The van der Waals surface area contributed by atoms with Gasteiger partial charge in [-0.2, -0.15) is 5.26 Å². The molecular formula is C23H21N8O2+. The number of carbonyl (C=O) groups is 1. The monoisotopic (exact) mass is 441 g/mol. The molecule has 3 heterocycles. The summed E-state index contributed by atoms with van der Waals surface area (Å²) in [6.07, 6.45) is 5.25. The Labute approximate surface area is 188 Å². The van der Waals surface area contributed by atoms with Crippen LogP contribution in [0.2, 0.25) is 0 Å². The number of nitrogens with one attached hydrogen (secondary N) is 4. The quantitative estimate of drug-likeness (QED) is 0.419. The van der Waals surface area contributed by atoms with Crippen molar-refractivity contribution in [3.05, 3.63) is 76.5 Å². The van der Waals surface area contributed by atoms with Gasteiger partial charge >= 0.3 is 5.65 Å². The van der Waals surface area contributed by atoms with E-state index in [4.69, 9.17) is 5.26 Å². The van der Waals surface area contributed by atoms with Crippen LogP contribution >= 0.6 is 0 Å². The maximum absolute atomic E-state index is 13.1. The van der Waals surface area contributed by atoms with E-state index in [2.05, 4.69) is 32.1 Å². The van der Waals surface area contributed by atoms with Gasteiger partial charge in [0.15, 0.2) is 5.82 Å². The molecule has 0 spiro atoms. The van der Waals surface area contributed by atoms with E-state index in [1.165, 1.54) is 9.08 Å². The van der Waals surface area contributed by atoms with Crippen LogP contribution in [0.5, 0.6) is 0 Å². The van der Waals surface area contributed by atoms with Gasteiger partial charge in [0.05, 0.1) is 11.6 Å². The average Bonchev–Trinajstić information content (AvgIpc) is 3.55. The second-order valence-electron chi connectivity index (χ2n) is 7.76. The minimum absolute atomic E-state index is 0.205. The Kier molecular flexibility index (Phi) is 4.99. The summed E-state index contributed by atoms with van der Waals surface area (Å²) in [6.45, 7) is 0. The van der Waals surface area contributed by atoms with Crippen LogP contribution in [0.3, 0.4) is 0 Å². The zero-order valence-corrected chi connectivity index (χ0v) is 17.8. The van der Waals surface area contributed by atoms with Crippen molar-refractivity contribution in [1.82, 2.24) is 19.5 Å². The van der Waals surface area contributed by atoms with Crippen LogP contribution in [0.4, 0.5) is 17.2 Å². The highest BCUT2D eigenvalue weighted by atomic mass is 16.2. The molecule has 0 saturated heterocycles. The van der Waals surface area contributed by atoms with E-state index in [-0.39, 0.29) is 17.5 Å². The van der Waals surface area contributed by atoms with Crippen molar-refractivity contribution in [2.45, 2.75) is 18.9 Å². The molecule has 0 bridgehead atoms. The maximum atomic E-state index is 13.1. The number of aromatic nitrogens is 4. The fraction of sp³-hybridized carbons (Fsp3) is 0.174. The van der Waals surface area contributed by atoms with Crippen molar-refractivity contribution in [2.75, 3.05) is 17.7 Å². The van der Waals surface area contributed by atoms with Crippen LogP contribution in [0.1, 0.15) is 28.9 Å². The summed E-state index contributed by atoms with van der Waals surface area (Å²) in [5.41, 5.74) is 2.91. The Morgan fingerprint density at radius 2 is 2.00 bits per heavy atom. The number of H-pyrrole nitrogens is 1. The number of anilines is 3. The molecule has 1 aliphatic carbocycles. The SMILES string of the molecule is CNc1cc(Nc2cccn(-c3ccc(C#N)cc3)c2=O)nn2c(C(=O)NC3CC3)c[nH+]c12. The largest absolute Gasteiger partial charge is 0.381 e. The Morgan fingerprint density at radius 3 is 2.70 bits per heavy atom. The second kappa shape index (κ2) is 8.12. The van der Waals surface area contributed by atoms with Gasteiger partial charge in [0, 0.05) is 31.0 Å². The van der Waals surface area contributed by atoms with Gasteiger partial charge in [-0.3, -0.25) is 14.2 Å². The van der Waals surface area contributed by atoms with Crippen molar-refractivity contribution < 1.29 is 9.78 Å². The van der Waals surface area contributed by atoms with Crippen LogP contribution in [0.15, 0.2) is 59.7 Å². The summed E-state index contributed by atoms with van der Waals surface area (Å²) in [5, 5.41) is 22.7. The molecule has 1 amide bonds. The van der Waals surface area contributed by atoms with Crippen LogP contribution in [-0.2, 0) is 0 Å². The van der Waals surface area contributed by atoms with Gasteiger partial charge in [-0.1, -0.05) is 9.61 Å².